The SMILES string of the molecule is COC(=O)C12CCC(C(NC(=O)c3cc(C(=O)O)nc4ccnn34)C(N)=O)(CC1)CC2. The van der Waals surface area contributed by atoms with Gasteiger partial charge in [-0.3, -0.25) is 14.4 Å². The van der Waals surface area contributed by atoms with Crippen LogP contribution in [0, 0.1) is 10.8 Å². The highest BCUT2D eigenvalue weighted by atomic mass is 16.5. The second kappa shape index (κ2) is 7.33. The molecule has 31 heavy (non-hydrogen) atoms. The number of amides is 2. The third-order valence-corrected chi connectivity index (χ3v) is 6.91. The third-order valence-electron chi connectivity index (χ3n) is 6.91. The fraction of sp³-hybridized carbons (Fsp3) is 0.500. The van der Waals surface area contributed by atoms with Gasteiger partial charge in [0.05, 0.1) is 18.7 Å². The molecule has 11 heteroatoms. The summed E-state index contributed by atoms with van der Waals surface area (Å²) in [6.45, 7) is 0. The average molecular weight is 429 g/mol. The number of hydrogen-bond acceptors (Lipinski definition) is 7. The molecule has 2 heterocycles. The Morgan fingerprint density at radius 1 is 1.19 bits per heavy atom. The number of carboxylic acids is 1. The van der Waals surface area contributed by atoms with Crippen molar-refractivity contribution < 1.29 is 29.0 Å². The van der Waals surface area contributed by atoms with Crippen molar-refractivity contribution in [3.63, 3.8) is 0 Å². The number of rotatable bonds is 6. The molecule has 0 aliphatic heterocycles. The van der Waals surface area contributed by atoms with E-state index in [1.54, 1.807) is 0 Å². The third kappa shape index (κ3) is 3.29. The van der Waals surface area contributed by atoms with Gasteiger partial charge in [0.2, 0.25) is 5.91 Å². The Labute approximate surface area is 176 Å². The number of carbonyl (C=O) groups is 4. The lowest BCUT2D eigenvalue weighted by Crippen LogP contribution is -2.60. The highest BCUT2D eigenvalue weighted by Gasteiger charge is 2.57. The summed E-state index contributed by atoms with van der Waals surface area (Å²) in [5, 5.41) is 16.0. The number of ether oxygens (including phenoxy) is 1. The zero-order chi connectivity index (χ0) is 22.4. The van der Waals surface area contributed by atoms with Crippen LogP contribution >= 0.6 is 0 Å². The van der Waals surface area contributed by atoms with Crippen LogP contribution in [0.15, 0.2) is 18.3 Å². The molecule has 0 radical (unpaired) electrons. The molecule has 3 saturated carbocycles. The van der Waals surface area contributed by atoms with Gasteiger partial charge in [0.1, 0.15) is 11.7 Å². The Bertz CT molecular complexity index is 1070. The van der Waals surface area contributed by atoms with E-state index in [0.717, 1.165) is 6.07 Å². The molecule has 2 aromatic rings. The van der Waals surface area contributed by atoms with E-state index in [2.05, 4.69) is 15.4 Å². The molecule has 2 bridgehead atoms. The van der Waals surface area contributed by atoms with Gasteiger partial charge in [-0.05, 0) is 43.9 Å². The monoisotopic (exact) mass is 429 g/mol. The number of nitrogens with zero attached hydrogens (tertiary/aromatic N) is 3. The largest absolute Gasteiger partial charge is 0.477 e. The first-order chi connectivity index (χ1) is 14.7. The summed E-state index contributed by atoms with van der Waals surface area (Å²) >= 11 is 0. The predicted molar refractivity (Wildman–Crippen MR) is 105 cm³/mol. The normalized spacial score (nSPS) is 25.7. The number of fused-ring (bicyclic) bond motifs is 4. The zero-order valence-corrected chi connectivity index (χ0v) is 17.0. The van der Waals surface area contributed by atoms with Crippen molar-refractivity contribution in [3.05, 3.63) is 29.7 Å². The van der Waals surface area contributed by atoms with Gasteiger partial charge >= 0.3 is 11.9 Å². The van der Waals surface area contributed by atoms with E-state index in [0.29, 0.717) is 38.5 Å². The van der Waals surface area contributed by atoms with Crippen LogP contribution in [0.4, 0.5) is 0 Å². The van der Waals surface area contributed by atoms with Crippen LogP contribution in [0.1, 0.15) is 59.5 Å². The summed E-state index contributed by atoms with van der Waals surface area (Å²) in [6, 6.07) is 1.61. The molecule has 2 aromatic heterocycles. The van der Waals surface area contributed by atoms with Gasteiger partial charge in [-0.2, -0.15) is 5.10 Å². The number of carbonyl (C=O) groups excluding carboxylic acids is 3. The van der Waals surface area contributed by atoms with Crippen molar-refractivity contribution in [2.24, 2.45) is 16.6 Å². The molecule has 2 amide bonds. The van der Waals surface area contributed by atoms with Gasteiger partial charge in [-0.1, -0.05) is 0 Å². The first-order valence-corrected chi connectivity index (χ1v) is 9.98. The molecular formula is C20H23N5O6. The van der Waals surface area contributed by atoms with Crippen molar-refractivity contribution in [2.75, 3.05) is 7.11 Å². The van der Waals surface area contributed by atoms with Crippen molar-refractivity contribution >= 4 is 29.4 Å². The first kappa shape index (κ1) is 20.8. The Kier molecular flexibility index (Phi) is 4.91. The molecule has 3 aliphatic carbocycles. The van der Waals surface area contributed by atoms with E-state index in [1.807, 2.05) is 0 Å². The number of esters is 1. The Balaban J connectivity index is 1.62. The van der Waals surface area contributed by atoms with E-state index in [1.165, 1.54) is 23.9 Å². The number of aromatic carboxylic acids is 1. The Morgan fingerprint density at radius 3 is 2.39 bits per heavy atom. The lowest BCUT2D eigenvalue weighted by Gasteiger charge is -2.54. The van der Waals surface area contributed by atoms with Gasteiger partial charge in [-0.15, -0.1) is 0 Å². The molecule has 4 N–H and O–H groups in total. The van der Waals surface area contributed by atoms with Crippen molar-refractivity contribution in [1.82, 2.24) is 19.9 Å². The van der Waals surface area contributed by atoms with Crippen LogP contribution in [0.2, 0.25) is 0 Å². The molecule has 0 spiro atoms. The van der Waals surface area contributed by atoms with Crippen molar-refractivity contribution in [3.8, 4) is 0 Å². The smallest absolute Gasteiger partial charge is 0.354 e. The second-order valence-corrected chi connectivity index (χ2v) is 8.38. The first-order valence-electron chi connectivity index (χ1n) is 9.98. The van der Waals surface area contributed by atoms with Gasteiger partial charge in [-0.25, -0.2) is 14.3 Å². The highest BCUT2D eigenvalue weighted by Crippen LogP contribution is 2.58. The van der Waals surface area contributed by atoms with Crippen LogP contribution in [-0.4, -0.2) is 56.6 Å². The minimum Gasteiger partial charge on any atom is -0.477 e. The second-order valence-electron chi connectivity index (χ2n) is 8.38. The summed E-state index contributed by atoms with van der Waals surface area (Å²) in [5.41, 5.74) is 4.40. The number of carboxylic acid groups (broad SMARTS) is 1. The fourth-order valence-corrected chi connectivity index (χ4v) is 5.09. The lowest BCUT2D eigenvalue weighted by atomic mass is 9.51. The molecule has 0 saturated heterocycles. The van der Waals surface area contributed by atoms with Gasteiger partial charge < -0.3 is 20.9 Å². The summed E-state index contributed by atoms with van der Waals surface area (Å²) < 4.78 is 6.18. The average Bonchev–Trinajstić information content (AvgIpc) is 3.25. The van der Waals surface area contributed by atoms with Gasteiger partial charge in [0, 0.05) is 12.1 Å². The number of nitrogens with one attached hydrogen (secondary N) is 1. The number of aromatic nitrogens is 3. The van der Waals surface area contributed by atoms with Crippen molar-refractivity contribution in [2.45, 2.75) is 44.6 Å². The number of primary amides is 1. The fourth-order valence-electron chi connectivity index (χ4n) is 5.09. The van der Waals surface area contributed by atoms with Crippen LogP contribution in [-0.2, 0) is 14.3 Å². The Hall–Kier alpha value is -3.50. The highest BCUT2D eigenvalue weighted by molar-refractivity contribution is 5.98. The maximum absolute atomic E-state index is 13.1. The summed E-state index contributed by atoms with van der Waals surface area (Å²) in [4.78, 5) is 53.1. The molecule has 164 valence electrons. The zero-order valence-electron chi connectivity index (χ0n) is 17.0. The van der Waals surface area contributed by atoms with Crippen LogP contribution in [0.25, 0.3) is 5.65 Å². The predicted octanol–water partition coefficient (Wildman–Crippen LogP) is 0.525. The van der Waals surface area contributed by atoms with Crippen molar-refractivity contribution in [1.29, 1.82) is 0 Å². The van der Waals surface area contributed by atoms with E-state index >= 15 is 0 Å². The van der Waals surface area contributed by atoms with Gasteiger partial charge in [0.25, 0.3) is 5.91 Å². The Morgan fingerprint density at radius 2 is 1.84 bits per heavy atom. The molecule has 3 aliphatic rings. The number of nitrogens with two attached hydrogens (primary N) is 1. The number of hydrogen-bond donors (Lipinski definition) is 3. The van der Waals surface area contributed by atoms with E-state index in [4.69, 9.17) is 10.5 Å². The van der Waals surface area contributed by atoms with E-state index < -0.39 is 34.7 Å². The molecule has 11 nitrogen and oxygen atoms in total. The summed E-state index contributed by atoms with van der Waals surface area (Å²) in [7, 11) is 1.37. The maximum atomic E-state index is 13.1. The molecule has 1 unspecified atom stereocenters. The number of methoxy groups -OCH3 is 1. The topological polar surface area (TPSA) is 166 Å². The van der Waals surface area contributed by atoms with Crippen LogP contribution in [0.3, 0.4) is 0 Å². The van der Waals surface area contributed by atoms with E-state index in [9.17, 15) is 24.3 Å². The van der Waals surface area contributed by atoms with Crippen LogP contribution < -0.4 is 11.1 Å². The molecule has 3 fully saturated rings. The summed E-state index contributed by atoms with van der Waals surface area (Å²) in [6.07, 6.45) is 4.70. The standard InChI is InChI=1S/C20H23N5O6/c1-31-18(30)20-6-3-19(4-7-20,5-8-20)14(15(21)26)24-16(27)12-10-11(17(28)29)23-13-2-9-22-25(12)13/h2,9-10,14H,3-8H2,1H3,(H2,21,26)(H,24,27)(H,28,29). The van der Waals surface area contributed by atoms with E-state index in [-0.39, 0.29) is 23.0 Å². The lowest BCUT2D eigenvalue weighted by molar-refractivity contribution is -0.164. The summed E-state index contributed by atoms with van der Waals surface area (Å²) in [5.74, 6) is -2.88. The quantitative estimate of drug-likeness (QED) is 0.559. The minimum absolute atomic E-state index is 0.0643. The molecule has 5 rings (SSSR count). The van der Waals surface area contributed by atoms with Crippen LogP contribution in [0.5, 0.6) is 0 Å². The van der Waals surface area contributed by atoms with Gasteiger partial charge in [0.15, 0.2) is 11.3 Å². The minimum atomic E-state index is -1.29. The molecule has 1 atom stereocenters. The molecule has 0 aromatic carbocycles. The maximum Gasteiger partial charge on any atom is 0.354 e. The molecular weight excluding hydrogens is 406 g/mol.